The van der Waals surface area contributed by atoms with E-state index in [1.165, 1.54) is 10.9 Å². The number of hydrogen-bond acceptors (Lipinski definition) is 4. The Kier molecular flexibility index (Phi) is 2.79. The number of carbonyl (C=O) groups excluding carboxylic acids is 2. The van der Waals surface area contributed by atoms with Crippen molar-refractivity contribution >= 4 is 12.3 Å². The van der Waals surface area contributed by atoms with Gasteiger partial charge in [-0.1, -0.05) is 0 Å². The van der Waals surface area contributed by atoms with Gasteiger partial charge < -0.3 is 9.30 Å². The Balaban J connectivity index is 3.00. The highest BCUT2D eigenvalue weighted by atomic mass is 16.5. The number of imidazole rings is 1. The van der Waals surface area contributed by atoms with Gasteiger partial charge in [0.05, 0.1) is 12.9 Å². The first-order chi connectivity index (χ1) is 6.20. The predicted octanol–water partition coefficient (Wildman–Crippen LogP) is 0.409. The minimum atomic E-state index is -0.565. The number of aryl methyl sites for hydroxylation is 1. The molecule has 70 valence electrons. The first-order valence-corrected chi connectivity index (χ1v) is 3.84. The largest absolute Gasteiger partial charge is 0.461 e. The van der Waals surface area contributed by atoms with Crippen molar-refractivity contribution in [3.05, 3.63) is 17.7 Å². The second-order valence-corrected chi connectivity index (χ2v) is 2.43. The van der Waals surface area contributed by atoms with Gasteiger partial charge in [-0.2, -0.15) is 0 Å². The third-order valence-electron chi connectivity index (χ3n) is 1.56. The highest BCUT2D eigenvalue weighted by molar-refractivity contribution is 5.95. The standard InChI is InChI=1S/C8H10N2O3/c1-3-13-8(12)7-6(4-11)10(2)5-9-7/h4-5H,3H2,1-2H3. The van der Waals surface area contributed by atoms with Gasteiger partial charge in [0.25, 0.3) is 0 Å². The molecule has 13 heavy (non-hydrogen) atoms. The zero-order valence-corrected chi connectivity index (χ0v) is 7.48. The second kappa shape index (κ2) is 3.84. The van der Waals surface area contributed by atoms with Crippen LogP contribution in [0.4, 0.5) is 0 Å². The van der Waals surface area contributed by atoms with Crippen LogP contribution in [0.3, 0.4) is 0 Å². The number of carbonyl (C=O) groups is 2. The van der Waals surface area contributed by atoms with Crippen molar-refractivity contribution in [2.75, 3.05) is 6.61 Å². The predicted molar refractivity (Wildman–Crippen MR) is 44.6 cm³/mol. The topological polar surface area (TPSA) is 61.2 Å². The van der Waals surface area contributed by atoms with Gasteiger partial charge in [-0.3, -0.25) is 4.79 Å². The molecule has 1 heterocycles. The Morgan fingerprint density at radius 3 is 3.00 bits per heavy atom. The summed E-state index contributed by atoms with van der Waals surface area (Å²) in [4.78, 5) is 25.5. The maximum atomic E-state index is 11.2. The van der Waals surface area contributed by atoms with Gasteiger partial charge in [-0.15, -0.1) is 0 Å². The van der Waals surface area contributed by atoms with E-state index in [1.54, 1.807) is 14.0 Å². The van der Waals surface area contributed by atoms with E-state index in [-0.39, 0.29) is 18.0 Å². The van der Waals surface area contributed by atoms with Crippen LogP contribution in [0.15, 0.2) is 6.33 Å². The lowest BCUT2D eigenvalue weighted by Gasteiger charge is -1.98. The van der Waals surface area contributed by atoms with Crippen LogP contribution >= 0.6 is 0 Å². The van der Waals surface area contributed by atoms with Gasteiger partial charge in [0.2, 0.25) is 0 Å². The summed E-state index contributed by atoms with van der Waals surface area (Å²) in [6.07, 6.45) is 1.98. The summed E-state index contributed by atoms with van der Waals surface area (Å²) in [6, 6.07) is 0. The molecule has 1 aromatic rings. The summed E-state index contributed by atoms with van der Waals surface area (Å²) in [5.41, 5.74) is 0.304. The minimum Gasteiger partial charge on any atom is -0.461 e. The fourth-order valence-electron chi connectivity index (χ4n) is 0.935. The molecule has 1 aromatic heterocycles. The Hall–Kier alpha value is -1.65. The monoisotopic (exact) mass is 182 g/mol. The second-order valence-electron chi connectivity index (χ2n) is 2.43. The molecule has 0 fully saturated rings. The minimum absolute atomic E-state index is 0.0688. The van der Waals surface area contributed by atoms with Crippen molar-refractivity contribution in [2.45, 2.75) is 6.92 Å². The lowest BCUT2D eigenvalue weighted by molar-refractivity contribution is 0.0517. The molecule has 0 unspecified atom stereocenters. The summed E-state index contributed by atoms with van der Waals surface area (Å²) in [7, 11) is 1.64. The molecule has 0 radical (unpaired) electrons. The Bertz CT molecular complexity index is 330. The van der Waals surface area contributed by atoms with E-state index >= 15 is 0 Å². The number of hydrogen-bond donors (Lipinski definition) is 0. The van der Waals surface area contributed by atoms with E-state index < -0.39 is 5.97 Å². The Morgan fingerprint density at radius 2 is 2.46 bits per heavy atom. The SMILES string of the molecule is CCOC(=O)c1ncn(C)c1C=O. The van der Waals surface area contributed by atoms with Crippen LogP contribution in [0.1, 0.15) is 27.9 Å². The molecule has 5 nitrogen and oxygen atoms in total. The van der Waals surface area contributed by atoms with Crippen molar-refractivity contribution in [1.82, 2.24) is 9.55 Å². The van der Waals surface area contributed by atoms with Gasteiger partial charge in [0, 0.05) is 7.05 Å². The van der Waals surface area contributed by atoms with Crippen LogP contribution in [0, 0.1) is 0 Å². The lowest BCUT2D eigenvalue weighted by atomic mass is 10.3. The van der Waals surface area contributed by atoms with E-state index in [1.807, 2.05) is 0 Å². The van der Waals surface area contributed by atoms with Crippen LogP contribution in [0.2, 0.25) is 0 Å². The van der Waals surface area contributed by atoms with E-state index in [0.29, 0.717) is 6.29 Å². The highest BCUT2D eigenvalue weighted by Crippen LogP contribution is 2.04. The number of aldehydes is 1. The number of nitrogens with zero attached hydrogens (tertiary/aromatic N) is 2. The average molecular weight is 182 g/mol. The molecule has 0 atom stereocenters. The fourth-order valence-corrected chi connectivity index (χ4v) is 0.935. The molecule has 0 N–H and O–H groups in total. The molecule has 0 aliphatic rings. The summed E-state index contributed by atoms with van der Waals surface area (Å²) in [5, 5.41) is 0. The van der Waals surface area contributed by atoms with Crippen LogP contribution in [0.25, 0.3) is 0 Å². The van der Waals surface area contributed by atoms with Gasteiger partial charge in [0.15, 0.2) is 12.0 Å². The molecular formula is C8H10N2O3. The van der Waals surface area contributed by atoms with Crippen LogP contribution in [-0.4, -0.2) is 28.4 Å². The van der Waals surface area contributed by atoms with E-state index in [4.69, 9.17) is 4.74 Å². The summed E-state index contributed by atoms with van der Waals surface area (Å²) in [6.45, 7) is 1.97. The smallest absolute Gasteiger partial charge is 0.359 e. The fraction of sp³-hybridized carbons (Fsp3) is 0.375. The summed E-state index contributed by atoms with van der Waals surface area (Å²) < 4.78 is 6.18. The normalized spacial score (nSPS) is 9.69. The van der Waals surface area contributed by atoms with Gasteiger partial charge in [-0.25, -0.2) is 9.78 Å². The number of esters is 1. The molecule has 0 saturated heterocycles. The van der Waals surface area contributed by atoms with Crippen molar-refractivity contribution in [2.24, 2.45) is 7.05 Å². The maximum Gasteiger partial charge on any atom is 0.359 e. The molecule has 0 aliphatic carbocycles. The van der Waals surface area contributed by atoms with E-state index in [2.05, 4.69) is 4.98 Å². The maximum absolute atomic E-state index is 11.2. The van der Waals surface area contributed by atoms with Crippen LogP contribution in [0.5, 0.6) is 0 Å². The Labute approximate surface area is 75.3 Å². The van der Waals surface area contributed by atoms with E-state index in [9.17, 15) is 9.59 Å². The molecule has 0 bridgehead atoms. The van der Waals surface area contributed by atoms with Gasteiger partial charge >= 0.3 is 5.97 Å². The van der Waals surface area contributed by atoms with Crippen molar-refractivity contribution in [1.29, 1.82) is 0 Å². The van der Waals surface area contributed by atoms with Crippen molar-refractivity contribution < 1.29 is 14.3 Å². The Morgan fingerprint density at radius 1 is 1.77 bits per heavy atom. The number of aromatic nitrogens is 2. The van der Waals surface area contributed by atoms with Gasteiger partial charge in [-0.05, 0) is 6.92 Å². The number of ether oxygens (including phenoxy) is 1. The van der Waals surface area contributed by atoms with Crippen LogP contribution < -0.4 is 0 Å². The first kappa shape index (κ1) is 9.44. The lowest BCUT2D eigenvalue weighted by Crippen LogP contribution is -2.09. The highest BCUT2D eigenvalue weighted by Gasteiger charge is 2.16. The van der Waals surface area contributed by atoms with Crippen molar-refractivity contribution in [3.63, 3.8) is 0 Å². The molecule has 0 amide bonds. The number of rotatable bonds is 3. The molecule has 0 spiro atoms. The molecular weight excluding hydrogens is 172 g/mol. The van der Waals surface area contributed by atoms with Crippen molar-refractivity contribution in [3.8, 4) is 0 Å². The summed E-state index contributed by atoms with van der Waals surface area (Å²) in [5.74, 6) is -0.565. The van der Waals surface area contributed by atoms with Gasteiger partial charge in [0.1, 0.15) is 5.69 Å². The summed E-state index contributed by atoms with van der Waals surface area (Å²) >= 11 is 0. The quantitative estimate of drug-likeness (QED) is 0.501. The molecule has 0 aliphatic heterocycles. The average Bonchev–Trinajstić information content (AvgIpc) is 2.47. The first-order valence-electron chi connectivity index (χ1n) is 3.84. The molecule has 5 heteroatoms. The molecule has 1 rings (SSSR count). The van der Waals surface area contributed by atoms with Crippen LogP contribution in [-0.2, 0) is 11.8 Å². The third kappa shape index (κ3) is 1.74. The zero-order chi connectivity index (χ0) is 9.84. The van der Waals surface area contributed by atoms with E-state index in [0.717, 1.165) is 0 Å². The zero-order valence-electron chi connectivity index (χ0n) is 7.48. The third-order valence-corrected chi connectivity index (χ3v) is 1.56. The molecule has 0 saturated carbocycles. The molecule has 0 aromatic carbocycles.